The highest BCUT2D eigenvalue weighted by atomic mass is 28.3. The van der Waals surface area contributed by atoms with E-state index in [2.05, 4.69) is 31.8 Å². The Bertz CT molecular complexity index is 342. The van der Waals surface area contributed by atoms with Crippen molar-refractivity contribution < 1.29 is 9.47 Å². The van der Waals surface area contributed by atoms with Crippen LogP contribution >= 0.6 is 0 Å². The predicted octanol–water partition coefficient (Wildman–Crippen LogP) is 3.03. The van der Waals surface area contributed by atoms with Crippen LogP contribution in [-0.4, -0.2) is 21.3 Å². The Morgan fingerprint density at radius 3 is 2.12 bits per heavy atom. The predicted molar refractivity (Wildman–Crippen MR) is 71.8 cm³/mol. The summed E-state index contributed by atoms with van der Waals surface area (Å²) >= 11 is 0. The molecule has 2 nitrogen and oxygen atoms in total. The lowest BCUT2D eigenvalue weighted by molar-refractivity contribution is 0.289. The Balaban J connectivity index is 3.21. The first-order valence-corrected chi connectivity index (χ1v) is 9.39. The second-order valence-corrected chi connectivity index (χ2v) is 9.79. The molecule has 0 saturated carbocycles. The first kappa shape index (κ1) is 13.1. The standard InChI is InChI=1S/C13H22O2Si/c1-6-14-11-9-8-10-12(16(3,4)5)13(11)15-7-2/h8-10H,6-7H2,1-5H3. The van der Waals surface area contributed by atoms with Crippen molar-refractivity contribution in [2.75, 3.05) is 13.2 Å². The summed E-state index contributed by atoms with van der Waals surface area (Å²) < 4.78 is 11.4. The molecule has 0 aliphatic heterocycles. The summed E-state index contributed by atoms with van der Waals surface area (Å²) in [6.45, 7) is 12.3. The van der Waals surface area contributed by atoms with E-state index in [9.17, 15) is 0 Å². The molecular weight excluding hydrogens is 216 g/mol. The average molecular weight is 238 g/mol. The lowest BCUT2D eigenvalue weighted by atomic mass is 10.3. The van der Waals surface area contributed by atoms with Gasteiger partial charge < -0.3 is 9.47 Å². The minimum absolute atomic E-state index is 0.676. The molecule has 0 N–H and O–H groups in total. The van der Waals surface area contributed by atoms with Gasteiger partial charge in [0.2, 0.25) is 0 Å². The molecule has 0 unspecified atom stereocenters. The smallest absolute Gasteiger partial charge is 0.161 e. The summed E-state index contributed by atoms with van der Waals surface area (Å²) in [5, 5.41) is 1.33. The molecule has 3 heteroatoms. The maximum absolute atomic E-state index is 5.76. The van der Waals surface area contributed by atoms with Gasteiger partial charge in [0.25, 0.3) is 0 Å². The molecule has 0 aliphatic carbocycles. The maximum atomic E-state index is 5.76. The first-order valence-electron chi connectivity index (χ1n) is 5.89. The van der Waals surface area contributed by atoms with Crippen LogP contribution in [0.15, 0.2) is 18.2 Å². The van der Waals surface area contributed by atoms with E-state index < -0.39 is 8.07 Å². The SMILES string of the molecule is CCOc1cccc([Si](C)(C)C)c1OCC. The summed E-state index contributed by atoms with van der Waals surface area (Å²) in [4.78, 5) is 0. The van der Waals surface area contributed by atoms with Gasteiger partial charge in [0, 0.05) is 0 Å². The zero-order chi connectivity index (χ0) is 12.2. The molecule has 16 heavy (non-hydrogen) atoms. The lowest BCUT2D eigenvalue weighted by Gasteiger charge is -2.22. The van der Waals surface area contributed by atoms with Gasteiger partial charge in [-0.1, -0.05) is 31.8 Å². The molecule has 0 radical (unpaired) electrons. The zero-order valence-electron chi connectivity index (χ0n) is 11.0. The molecule has 90 valence electrons. The fraction of sp³-hybridized carbons (Fsp3) is 0.538. The van der Waals surface area contributed by atoms with Crippen LogP contribution in [0, 0.1) is 0 Å². The van der Waals surface area contributed by atoms with Gasteiger partial charge in [-0.3, -0.25) is 0 Å². The average Bonchev–Trinajstić information content (AvgIpc) is 2.19. The van der Waals surface area contributed by atoms with Crippen molar-refractivity contribution in [2.45, 2.75) is 33.5 Å². The molecule has 0 atom stereocenters. The van der Waals surface area contributed by atoms with Gasteiger partial charge in [-0.2, -0.15) is 0 Å². The second-order valence-electron chi connectivity index (χ2n) is 4.75. The molecule has 0 fully saturated rings. The highest BCUT2D eigenvalue weighted by Crippen LogP contribution is 2.27. The van der Waals surface area contributed by atoms with Crippen LogP contribution in [0.3, 0.4) is 0 Å². The number of hydrogen-bond donors (Lipinski definition) is 0. The normalized spacial score (nSPS) is 11.3. The van der Waals surface area contributed by atoms with Gasteiger partial charge >= 0.3 is 0 Å². The molecular formula is C13H22O2Si. The van der Waals surface area contributed by atoms with Crippen molar-refractivity contribution in [3.8, 4) is 11.5 Å². The molecule has 0 heterocycles. The zero-order valence-corrected chi connectivity index (χ0v) is 12.0. The number of ether oxygens (including phenoxy) is 2. The fourth-order valence-corrected chi connectivity index (χ4v) is 3.14. The van der Waals surface area contributed by atoms with E-state index in [0.29, 0.717) is 13.2 Å². The van der Waals surface area contributed by atoms with E-state index in [1.807, 2.05) is 19.9 Å². The summed E-state index contributed by atoms with van der Waals surface area (Å²) in [7, 11) is -1.38. The maximum Gasteiger partial charge on any atom is 0.161 e. The third-order valence-electron chi connectivity index (χ3n) is 2.38. The van der Waals surface area contributed by atoms with Gasteiger partial charge in [-0.25, -0.2) is 0 Å². The van der Waals surface area contributed by atoms with E-state index in [1.54, 1.807) is 0 Å². The van der Waals surface area contributed by atoms with E-state index >= 15 is 0 Å². The molecule has 0 aliphatic rings. The Morgan fingerprint density at radius 2 is 1.62 bits per heavy atom. The van der Waals surface area contributed by atoms with Crippen molar-refractivity contribution in [3.63, 3.8) is 0 Å². The van der Waals surface area contributed by atoms with E-state index in [-0.39, 0.29) is 0 Å². The van der Waals surface area contributed by atoms with Gasteiger partial charge in [0.05, 0.1) is 21.3 Å². The topological polar surface area (TPSA) is 18.5 Å². The minimum Gasteiger partial charge on any atom is -0.490 e. The summed E-state index contributed by atoms with van der Waals surface area (Å²) in [5.41, 5.74) is 0. The molecule has 0 amide bonds. The van der Waals surface area contributed by atoms with Gasteiger partial charge in [-0.05, 0) is 25.1 Å². The van der Waals surface area contributed by atoms with Crippen LogP contribution in [0.4, 0.5) is 0 Å². The van der Waals surface area contributed by atoms with E-state index in [4.69, 9.17) is 9.47 Å². The van der Waals surface area contributed by atoms with Crippen LogP contribution < -0.4 is 14.7 Å². The molecule has 1 rings (SSSR count). The Labute approximate surface area is 99.6 Å². The van der Waals surface area contributed by atoms with E-state index in [1.165, 1.54) is 5.19 Å². The van der Waals surface area contributed by atoms with Crippen molar-refractivity contribution in [1.82, 2.24) is 0 Å². The summed E-state index contributed by atoms with van der Waals surface area (Å²) in [5.74, 6) is 1.83. The van der Waals surface area contributed by atoms with E-state index in [0.717, 1.165) is 11.5 Å². The summed E-state index contributed by atoms with van der Waals surface area (Å²) in [6.07, 6.45) is 0. The number of rotatable bonds is 5. The van der Waals surface area contributed by atoms with Crippen LogP contribution in [-0.2, 0) is 0 Å². The Morgan fingerprint density at radius 1 is 1.00 bits per heavy atom. The van der Waals surface area contributed by atoms with Crippen LogP contribution in [0.2, 0.25) is 19.6 Å². The third kappa shape index (κ3) is 3.01. The quantitative estimate of drug-likeness (QED) is 0.734. The lowest BCUT2D eigenvalue weighted by Crippen LogP contribution is -2.38. The highest BCUT2D eigenvalue weighted by Gasteiger charge is 2.23. The minimum atomic E-state index is -1.38. The molecule has 1 aromatic rings. The van der Waals surface area contributed by atoms with Crippen molar-refractivity contribution in [1.29, 1.82) is 0 Å². The number of para-hydroxylation sites is 1. The molecule has 0 spiro atoms. The molecule has 0 aromatic heterocycles. The number of hydrogen-bond acceptors (Lipinski definition) is 2. The number of benzene rings is 1. The van der Waals surface area contributed by atoms with Gasteiger partial charge in [-0.15, -0.1) is 0 Å². The summed E-state index contributed by atoms with van der Waals surface area (Å²) in [6, 6.07) is 6.21. The van der Waals surface area contributed by atoms with Crippen molar-refractivity contribution in [3.05, 3.63) is 18.2 Å². The van der Waals surface area contributed by atoms with Gasteiger partial charge in [0.15, 0.2) is 11.5 Å². The second kappa shape index (κ2) is 5.39. The fourth-order valence-electron chi connectivity index (χ4n) is 1.67. The highest BCUT2D eigenvalue weighted by molar-refractivity contribution is 6.89. The Kier molecular flexibility index (Phi) is 4.41. The Hall–Kier alpha value is -0.963. The van der Waals surface area contributed by atoms with Crippen LogP contribution in [0.1, 0.15) is 13.8 Å². The largest absolute Gasteiger partial charge is 0.490 e. The van der Waals surface area contributed by atoms with Crippen molar-refractivity contribution >= 4 is 13.3 Å². The molecule has 0 saturated heterocycles. The first-order chi connectivity index (χ1) is 7.50. The third-order valence-corrected chi connectivity index (χ3v) is 4.39. The molecule has 0 bridgehead atoms. The van der Waals surface area contributed by atoms with Crippen LogP contribution in [0.25, 0.3) is 0 Å². The monoisotopic (exact) mass is 238 g/mol. The van der Waals surface area contributed by atoms with Crippen LogP contribution in [0.5, 0.6) is 11.5 Å². The van der Waals surface area contributed by atoms with Gasteiger partial charge in [0.1, 0.15) is 0 Å². The van der Waals surface area contributed by atoms with Crippen molar-refractivity contribution in [2.24, 2.45) is 0 Å². The molecule has 1 aromatic carbocycles.